The molecule has 2 aromatic rings. The Morgan fingerprint density at radius 2 is 2.00 bits per heavy atom. The Bertz CT molecular complexity index is 508. The van der Waals surface area contributed by atoms with Crippen molar-refractivity contribution in [2.45, 2.75) is 19.9 Å². The fourth-order valence-corrected chi connectivity index (χ4v) is 2.35. The van der Waals surface area contributed by atoms with Gasteiger partial charge >= 0.3 is 0 Å². The first-order valence-electron chi connectivity index (χ1n) is 5.34. The molecule has 17 heavy (non-hydrogen) atoms. The van der Waals surface area contributed by atoms with E-state index in [1.54, 1.807) is 18.3 Å². The monoisotopic (exact) mass is 253 g/mol. The van der Waals surface area contributed by atoms with Gasteiger partial charge in [0.2, 0.25) is 0 Å². The van der Waals surface area contributed by atoms with Gasteiger partial charge in [0.15, 0.2) is 5.82 Å². The minimum Gasteiger partial charge on any atom is -0.373 e. The molecule has 1 atom stereocenters. The van der Waals surface area contributed by atoms with Crippen LogP contribution in [0.2, 0.25) is 0 Å². The van der Waals surface area contributed by atoms with Gasteiger partial charge in [-0.1, -0.05) is 12.1 Å². The molecule has 1 N–H and O–H groups in total. The summed E-state index contributed by atoms with van der Waals surface area (Å²) in [5.41, 5.74) is 0.387. The van der Waals surface area contributed by atoms with E-state index in [9.17, 15) is 8.78 Å². The lowest BCUT2D eigenvalue weighted by molar-refractivity contribution is 0.579. The molecule has 0 saturated carbocycles. The summed E-state index contributed by atoms with van der Waals surface area (Å²) >= 11 is 1.56. The second-order valence-corrected chi connectivity index (χ2v) is 4.91. The van der Waals surface area contributed by atoms with Gasteiger partial charge in [-0.2, -0.15) is 0 Å². The van der Waals surface area contributed by atoms with Crippen LogP contribution in [0.3, 0.4) is 0 Å². The molecule has 2 rings (SSSR count). The van der Waals surface area contributed by atoms with Gasteiger partial charge in [0.1, 0.15) is 11.5 Å². The maximum atomic E-state index is 13.8. The molecule has 1 unspecified atom stereocenters. The molecule has 90 valence electrons. The number of rotatable bonds is 3. The Balaban J connectivity index is 2.27. The fraction of sp³-hybridized carbons (Fsp3) is 0.231. The summed E-state index contributed by atoms with van der Waals surface area (Å²) in [6.07, 6.45) is 0. The highest BCUT2D eigenvalue weighted by Gasteiger charge is 2.14. The number of hydrogen-bond donors (Lipinski definition) is 1. The van der Waals surface area contributed by atoms with E-state index < -0.39 is 11.6 Å². The van der Waals surface area contributed by atoms with Crippen molar-refractivity contribution in [3.05, 3.63) is 51.7 Å². The summed E-state index contributed by atoms with van der Waals surface area (Å²) in [5, 5.41) is 4.82. The third kappa shape index (κ3) is 2.47. The first kappa shape index (κ1) is 12.0. The van der Waals surface area contributed by atoms with Crippen molar-refractivity contribution in [3.8, 4) is 0 Å². The van der Waals surface area contributed by atoms with Crippen LogP contribution in [0.5, 0.6) is 0 Å². The Morgan fingerprint density at radius 1 is 1.24 bits per heavy atom. The highest BCUT2D eigenvalue weighted by molar-refractivity contribution is 7.10. The number of anilines is 1. The Labute approximate surface area is 103 Å². The van der Waals surface area contributed by atoms with Gasteiger partial charge in [-0.15, -0.1) is 11.3 Å². The van der Waals surface area contributed by atoms with E-state index in [2.05, 4.69) is 5.32 Å². The minimum absolute atomic E-state index is 0.0501. The third-order valence-corrected chi connectivity index (χ3v) is 3.67. The van der Waals surface area contributed by atoms with Crippen molar-refractivity contribution in [2.75, 3.05) is 5.32 Å². The minimum atomic E-state index is -0.559. The molecule has 0 bridgehead atoms. The average molecular weight is 253 g/mol. The van der Waals surface area contributed by atoms with E-state index in [0.717, 1.165) is 4.88 Å². The SMILES string of the molecule is Cc1ccc(F)c(NC(C)c2cccs2)c1F. The quantitative estimate of drug-likeness (QED) is 0.848. The molecule has 1 heterocycles. The molecule has 4 heteroatoms. The molecule has 0 saturated heterocycles. The van der Waals surface area contributed by atoms with Gasteiger partial charge in [-0.3, -0.25) is 0 Å². The lowest BCUT2D eigenvalue weighted by Crippen LogP contribution is -2.09. The molecule has 0 aliphatic carbocycles. The second kappa shape index (κ2) is 4.84. The highest BCUT2D eigenvalue weighted by atomic mass is 32.1. The van der Waals surface area contributed by atoms with Crippen molar-refractivity contribution in [1.82, 2.24) is 0 Å². The number of benzene rings is 1. The van der Waals surface area contributed by atoms with Crippen molar-refractivity contribution in [1.29, 1.82) is 0 Å². The van der Waals surface area contributed by atoms with Gasteiger partial charge in [-0.05, 0) is 36.9 Å². The summed E-state index contributed by atoms with van der Waals surface area (Å²) in [6.45, 7) is 3.50. The summed E-state index contributed by atoms with van der Waals surface area (Å²) < 4.78 is 27.3. The molecule has 0 amide bonds. The predicted molar refractivity (Wildman–Crippen MR) is 67.5 cm³/mol. The molecule has 1 nitrogen and oxygen atoms in total. The molecule has 0 aliphatic heterocycles. The van der Waals surface area contributed by atoms with Gasteiger partial charge in [0, 0.05) is 4.88 Å². The summed E-state index contributed by atoms with van der Waals surface area (Å²) in [7, 11) is 0. The predicted octanol–water partition coefficient (Wildman–Crippen LogP) is 4.51. The van der Waals surface area contributed by atoms with E-state index in [0.29, 0.717) is 5.56 Å². The largest absolute Gasteiger partial charge is 0.373 e. The van der Waals surface area contributed by atoms with Crippen molar-refractivity contribution in [3.63, 3.8) is 0 Å². The van der Waals surface area contributed by atoms with Crippen molar-refractivity contribution >= 4 is 17.0 Å². The first-order valence-corrected chi connectivity index (χ1v) is 6.22. The van der Waals surface area contributed by atoms with Crippen LogP contribution in [0.15, 0.2) is 29.6 Å². The second-order valence-electron chi connectivity index (χ2n) is 3.93. The van der Waals surface area contributed by atoms with E-state index >= 15 is 0 Å². The van der Waals surface area contributed by atoms with Crippen LogP contribution in [0.1, 0.15) is 23.4 Å². The molecule has 0 aliphatic rings. The fourth-order valence-electron chi connectivity index (χ4n) is 1.61. The van der Waals surface area contributed by atoms with Crippen LogP contribution in [0, 0.1) is 18.6 Å². The van der Waals surface area contributed by atoms with Crippen LogP contribution in [-0.4, -0.2) is 0 Å². The highest BCUT2D eigenvalue weighted by Crippen LogP contribution is 2.27. The summed E-state index contributed by atoms with van der Waals surface area (Å²) in [4.78, 5) is 1.05. The molecule has 0 fully saturated rings. The van der Waals surface area contributed by atoms with Crippen LogP contribution < -0.4 is 5.32 Å². The number of aryl methyl sites for hydroxylation is 1. The molecule has 0 spiro atoms. The average Bonchev–Trinajstić information content (AvgIpc) is 2.83. The maximum Gasteiger partial charge on any atom is 0.152 e. The van der Waals surface area contributed by atoms with Gasteiger partial charge in [-0.25, -0.2) is 8.78 Å². The Morgan fingerprint density at radius 3 is 2.65 bits per heavy atom. The zero-order valence-electron chi connectivity index (χ0n) is 9.63. The Kier molecular flexibility index (Phi) is 3.43. The molecule has 1 aromatic heterocycles. The number of halogens is 2. The first-order chi connectivity index (χ1) is 8.09. The van der Waals surface area contributed by atoms with Gasteiger partial charge in [0.25, 0.3) is 0 Å². The normalized spacial score (nSPS) is 12.5. The van der Waals surface area contributed by atoms with E-state index in [4.69, 9.17) is 0 Å². The smallest absolute Gasteiger partial charge is 0.152 e. The van der Waals surface area contributed by atoms with Crippen LogP contribution in [0.25, 0.3) is 0 Å². The number of thiophene rings is 1. The summed E-state index contributed by atoms with van der Waals surface area (Å²) in [5.74, 6) is -1.08. The topological polar surface area (TPSA) is 12.0 Å². The van der Waals surface area contributed by atoms with Gasteiger partial charge < -0.3 is 5.32 Å². The molecule has 0 radical (unpaired) electrons. The maximum absolute atomic E-state index is 13.8. The standard InChI is InChI=1S/C13H13F2NS/c1-8-5-6-10(14)13(12(8)15)16-9(2)11-4-3-7-17-11/h3-7,9,16H,1-2H3. The van der Waals surface area contributed by atoms with Crippen LogP contribution >= 0.6 is 11.3 Å². The van der Waals surface area contributed by atoms with E-state index in [-0.39, 0.29) is 11.7 Å². The Hall–Kier alpha value is -1.42. The van der Waals surface area contributed by atoms with E-state index in [1.807, 2.05) is 24.4 Å². The molecular formula is C13H13F2NS. The molecular weight excluding hydrogens is 240 g/mol. The van der Waals surface area contributed by atoms with Gasteiger partial charge in [0.05, 0.1) is 6.04 Å². The zero-order valence-corrected chi connectivity index (χ0v) is 10.4. The number of hydrogen-bond acceptors (Lipinski definition) is 2. The lowest BCUT2D eigenvalue weighted by Gasteiger charge is -2.15. The van der Waals surface area contributed by atoms with Crippen molar-refractivity contribution in [2.24, 2.45) is 0 Å². The summed E-state index contributed by atoms with van der Waals surface area (Å²) in [6, 6.07) is 6.46. The van der Waals surface area contributed by atoms with Crippen molar-refractivity contribution < 1.29 is 8.78 Å². The zero-order chi connectivity index (χ0) is 12.4. The van der Waals surface area contributed by atoms with E-state index in [1.165, 1.54) is 12.1 Å². The van der Waals surface area contributed by atoms with Crippen LogP contribution in [0.4, 0.5) is 14.5 Å². The third-order valence-electron chi connectivity index (χ3n) is 2.61. The van der Waals surface area contributed by atoms with Crippen LogP contribution in [-0.2, 0) is 0 Å². The molecule has 1 aromatic carbocycles. The lowest BCUT2D eigenvalue weighted by atomic mass is 10.1. The number of nitrogens with one attached hydrogen (secondary N) is 1.